The fraction of sp³-hybridized carbons (Fsp3) is 0.955. The van der Waals surface area contributed by atoms with E-state index in [1.54, 1.807) is 7.05 Å². The van der Waals surface area contributed by atoms with E-state index in [4.69, 9.17) is 11.6 Å². The molecule has 0 radical (unpaired) electrons. The molecule has 1 N–H and O–H groups in total. The zero-order chi connectivity index (χ0) is 21.8. The quantitative estimate of drug-likeness (QED) is 0.170. The molecule has 0 aromatic carbocycles. The first kappa shape index (κ1) is 28.5. The van der Waals surface area contributed by atoms with E-state index in [1.165, 1.54) is 94.8 Å². The number of nitrogens with one attached hydrogen (secondary N) is 1. The first-order chi connectivity index (χ1) is 13.9. The molecule has 0 fully saturated rings. The summed E-state index contributed by atoms with van der Waals surface area (Å²) in [6, 6.07) is -0.573. The third kappa shape index (κ3) is 19.2. The number of hydrogen-bond acceptors (Lipinski definition) is 3. The second-order valence-corrected chi connectivity index (χ2v) is 10.4. The van der Waals surface area contributed by atoms with E-state index < -0.39 is 16.1 Å². The smallest absolute Gasteiger partial charge is 0.327 e. The molecule has 0 atom stereocenters. The van der Waals surface area contributed by atoms with Crippen LogP contribution in [0.3, 0.4) is 0 Å². The molecule has 0 aliphatic carbocycles. The van der Waals surface area contributed by atoms with Gasteiger partial charge in [0.2, 0.25) is 10.0 Å². The zero-order valence-electron chi connectivity index (χ0n) is 18.9. The van der Waals surface area contributed by atoms with Gasteiger partial charge >= 0.3 is 6.03 Å². The molecule has 0 heterocycles. The molecular weight excluding hydrogens is 408 g/mol. The van der Waals surface area contributed by atoms with Crippen LogP contribution in [0.4, 0.5) is 4.79 Å². The van der Waals surface area contributed by atoms with Crippen LogP contribution in [0.5, 0.6) is 0 Å². The van der Waals surface area contributed by atoms with Gasteiger partial charge in [0.05, 0.1) is 5.75 Å². The van der Waals surface area contributed by atoms with E-state index in [2.05, 4.69) is 6.92 Å². The van der Waals surface area contributed by atoms with Gasteiger partial charge in [-0.05, 0) is 6.42 Å². The monoisotopic (exact) mass is 452 g/mol. The van der Waals surface area contributed by atoms with Crippen molar-refractivity contribution in [3.8, 4) is 0 Å². The number of alkyl halides is 1. The minimum atomic E-state index is -3.61. The van der Waals surface area contributed by atoms with E-state index in [0.717, 1.165) is 12.8 Å². The first-order valence-electron chi connectivity index (χ1n) is 11.7. The Bertz CT molecular complexity index is 486. The Morgan fingerprint density at radius 3 is 1.52 bits per heavy atom. The van der Waals surface area contributed by atoms with Gasteiger partial charge in [0.25, 0.3) is 0 Å². The molecule has 0 aliphatic heterocycles. The van der Waals surface area contributed by atoms with E-state index in [1.807, 2.05) is 4.72 Å². The standard InChI is InChI=1S/C22H45ClN2O3S/c1-3-4-5-6-7-8-9-10-11-12-13-14-15-16-17-18-20-25(2)22(26)24-29(27,28)21-19-23/h3-21H2,1-2H3,(H,24,26). The Hall–Kier alpha value is -0.490. The van der Waals surface area contributed by atoms with Gasteiger partial charge in [-0.25, -0.2) is 17.9 Å². The number of amides is 2. The predicted octanol–water partition coefficient (Wildman–Crippen LogP) is 6.46. The van der Waals surface area contributed by atoms with Crippen molar-refractivity contribution in [2.75, 3.05) is 25.2 Å². The van der Waals surface area contributed by atoms with Crippen LogP contribution in [0.15, 0.2) is 0 Å². The highest BCUT2D eigenvalue weighted by Crippen LogP contribution is 2.13. The molecule has 0 aromatic heterocycles. The van der Waals surface area contributed by atoms with Gasteiger partial charge in [0.15, 0.2) is 0 Å². The Kier molecular flexibility index (Phi) is 19.1. The average Bonchev–Trinajstić information content (AvgIpc) is 2.67. The Morgan fingerprint density at radius 1 is 0.759 bits per heavy atom. The van der Waals surface area contributed by atoms with Crippen LogP contribution in [0.1, 0.15) is 110 Å². The van der Waals surface area contributed by atoms with Crippen LogP contribution in [-0.4, -0.2) is 44.6 Å². The molecule has 0 unspecified atom stereocenters. The molecule has 0 saturated heterocycles. The van der Waals surface area contributed by atoms with Crippen molar-refractivity contribution >= 4 is 27.7 Å². The summed E-state index contributed by atoms with van der Waals surface area (Å²) in [5.41, 5.74) is 0. The fourth-order valence-electron chi connectivity index (χ4n) is 3.36. The molecule has 7 heteroatoms. The minimum Gasteiger partial charge on any atom is -0.327 e. The van der Waals surface area contributed by atoms with Crippen molar-refractivity contribution in [3.05, 3.63) is 0 Å². The van der Waals surface area contributed by atoms with E-state index >= 15 is 0 Å². The number of rotatable bonds is 20. The number of unbranched alkanes of at least 4 members (excludes halogenated alkanes) is 15. The first-order valence-corrected chi connectivity index (χ1v) is 13.9. The third-order valence-electron chi connectivity index (χ3n) is 5.28. The number of hydrogen-bond donors (Lipinski definition) is 1. The third-order valence-corrected chi connectivity index (χ3v) is 6.92. The summed E-state index contributed by atoms with van der Waals surface area (Å²) in [6.45, 7) is 2.84. The summed E-state index contributed by atoms with van der Waals surface area (Å²) in [4.78, 5) is 13.2. The van der Waals surface area contributed by atoms with Gasteiger partial charge in [-0.3, -0.25) is 0 Å². The lowest BCUT2D eigenvalue weighted by atomic mass is 10.0. The lowest BCUT2D eigenvalue weighted by Gasteiger charge is -2.17. The predicted molar refractivity (Wildman–Crippen MR) is 125 cm³/mol. The van der Waals surface area contributed by atoms with Crippen LogP contribution in [-0.2, 0) is 10.0 Å². The summed E-state index contributed by atoms with van der Waals surface area (Å²) in [6.07, 6.45) is 20.9. The molecule has 0 spiro atoms. The number of nitrogens with zero attached hydrogens (tertiary/aromatic N) is 1. The van der Waals surface area contributed by atoms with Gasteiger partial charge in [0, 0.05) is 19.5 Å². The maximum absolute atomic E-state index is 11.8. The number of sulfonamides is 1. The molecule has 0 rings (SSSR count). The summed E-state index contributed by atoms with van der Waals surface area (Å²) in [5.74, 6) is -0.265. The average molecular weight is 453 g/mol. The Morgan fingerprint density at radius 2 is 1.14 bits per heavy atom. The van der Waals surface area contributed by atoms with E-state index in [9.17, 15) is 13.2 Å². The van der Waals surface area contributed by atoms with Crippen LogP contribution in [0.25, 0.3) is 0 Å². The lowest BCUT2D eigenvalue weighted by Crippen LogP contribution is -2.42. The summed E-state index contributed by atoms with van der Waals surface area (Å²) in [5, 5.41) is 0. The van der Waals surface area contributed by atoms with Crippen molar-refractivity contribution in [3.63, 3.8) is 0 Å². The molecule has 5 nitrogen and oxygen atoms in total. The van der Waals surface area contributed by atoms with Gasteiger partial charge in [-0.1, -0.05) is 103 Å². The molecule has 29 heavy (non-hydrogen) atoms. The second kappa shape index (κ2) is 19.5. The molecule has 174 valence electrons. The van der Waals surface area contributed by atoms with Crippen LogP contribution < -0.4 is 4.72 Å². The Balaban J connectivity index is 3.39. The highest BCUT2D eigenvalue weighted by molar-refractivity contribution is 7.90. The maximum Gasteiger partial charge on any atom is 0.330 e. The maximum atomic E-state index is 11.8. The van der Waals surface area contributed by atoms with Crippen LogP contribution in [0.2, 0.25) is 0 Å². The second-order valence-electron chi connectivity index (χ2n) is 8.14. The topological polar surface area (TPSA) is 66.5 Å². The van der Waals surface area contributed by atoms with E-state index in [0.29, 0.717) is 6.54 Å². The van der Waals surface area contributed by atoms with Crippen LogP contribution >= 0.6 is 11.6 Å². The largest absolute Gasteiger partial charge is 0.330 e. The molecular formula is C22H45ClN2O3S. The molecule has 2 amide bonds. The van der Waals surface area contributed by atoms with Crippen LogP contribution in [0, 0.1) is 0 Å². The van der Waals surface area contributed by atoms with Gasteiger partial charge in [-0.2, -0.15) is 0 Å². The normalized spacial score (nSPS) is 11.6. The fourth-order valence-corrected chi connectivity index (χ4v) is 4.70. The van der Waals surface area contributed by atoms with E-state index in [-0.39, 0.29) is 11.6 Å². The number of carbonyl (C=O) groups is 1. The van der Waals surface area contributed by atoms with Crippen molar-refractivity contribution in [2.45, 2.75) is 110 Å². The highest BCUT2D eigenvalue weighted by atomic mass is 35.5. The number of halogens is 1. The van der Waals surface area contributed by atoms with Crippen molar-refractivity contribution in [1.82, 2.24) is 9.62 Å². The molecule has 0 bridgehead atoms. The van der Waals surface area contributed by atoms with Gasteiger partial charge in [0.1, 0.15) is 0 Å². The lowest BCUT2D eigenvalue weighted by molar-refractivity contribution is 0.213. The summed E-state index contributed by atoms with van der Waals surface area (Å²) < 4.78 is 25.1. The Labute approximate surface area is 185 Å². The van der Waals surface area contributed by atoms with Crippen molar-refractivity contribution in [1.29, 1.82) is 0 Å². The van der Waals surface area contributed by atoms with Crippen molar-refractivity contribution in [2.24, 2.45) is 0 Å². The molecule has 0 aliphatic rings. The molecule has 0 saturated carbocycles. The SMILES string of the molecule is CCCCCCCCCCCCCCCCCCN(C)C(=O)NS(=O)(=O)CCCl. The van der Waals surface area contributed by atoms with Crippen molar-refractivity contribution < 1.29 is 13.2 Å². The highest BCUT2D eigenvalue weighted by Gasteiger charge is 2.16. The zero-order valence-corrected chi connectivity index (χ0v) is 20.5. The summed E-state index contributed by atoms with van der Waals surface area (Å²) >= 11 is 5.42. The summed E-state index contributed by atoms with van der Waals surface area (Å²) in [7, 11) is -1.99. The minimum absolute atomic E-state index is 0.0224. The van der Waals surface area contributed by atoms with Gasteiger partial charge < -0.3 is 4.90 Å². The number of urea groups is 1. The number of carbonyl (C=O) groups excluding carboxylic acids is 1. The van der Waals surface area contributed by atoms with Gasteiger partial charge in [-0.15, -0.1) is 11.6 Å². The molecule has 0 aromatic rings.